The van der Waals surface area contributed by atoms with Gasteiger partial charge in [0.2, 0.25) is 5.91 Å². The SMILES string of the molecule is O=C(Cn1c(=O)oc2cc([N+](=O)[O-])ccc21)N1CCCC1c1cccs1. The van der Waals surface area contributed by atoms with Crippen LogP contribution in [0.3, 0.4) is 0 Å². The highest BCUT2D eigenvalue weighted by Crippen LogP contribution is 2.34. The zero-order valence-electron chi connectivity index (χ0n) is 13.7. The first-order valence-electron chi connectivity index (χ1n) is 8.15. The van der Waals surface area contributed by atoms with Crippen LogP contribution in [0.1, 0.15) is 23.8 Å². The van der Waals surface area contributed by atoms with Gasteiger partial charge in [0.15, 0.2) is 5.58 Å². The molecule has 2 aromatic heterocycles. The number of thiophene rings is 1. The number of carbonyl (C=O) groups is 1. The molecule has 4 rings (SSSR count). The van der Waals surface area contributed by atoms with Gasteiger partial charge >= 0.3 is 5.76 Å². The molecule has 1 fully saturated rings. The smallest absolute Gasteiger partial charge is 0.407 e. The predicted molar refractivity (Wildman–Crippen MR) is 95.1 cm³/mol. The lowest BCUT2D eigenvalue weighted by atomic mass is 10.2. The number of oxazole rings is 1. The minimum atomic E-state index is -0.694. The summed E-state index contributed by atoms with van der Waals surface area (Å²) in [5.74, 6) is -0.857. The first kappa shape index (κ1) is 16.5. The van der Waals surface area contributed by atoms with Crippen molar-refractivity contribution in [3.63, 3.8) is 0 Å². The second kappa shape index (κ2) is 6.41. The normalized spacial score (nSPS) is 17.1. The first-order chi connectivity index (χ1) is 12.5. The molecule has 8 nitrogen and oxygen atoms in total. The van der Waals surface area contributed by atoms with Crippen LogP contribution < -0.4 is 5.76 Å². The molecule has 1 amide bonds. The number of likely N-dealkylation sites (tertiary alicyclic amines) is 1. The summed E-state index contributed by atoms with van der Waals surface area (Å²) in [7, 11) is 0. The molecule has 3 aromatic rings. The second-order valence-corrected chi connectivity index (χ2v) is 7.10. The molecule has 0 spiro atoms. The Morgan fingerprint density at radius 2 is 2.23 bits per heavy atom. The van der Waals surface area contributed by atoms with E-state index in [9.17, 15) is 19.7 Å². The van der Waals surface area contributed by atoms with Crippen LogP contribution in [0.2, 0.25) is 0 Å². The number of fused-ring (bicyclic) bond motifs is 1. The monoisotopic (exact) mass is 373 g/mol. The number of nitro groups is 1. The van der Waals surface area contributed by atoms with E-state index in [1.54, 1.807) is 16.2 Å². The Morgan fingerprint density at radius 1 is 1.38 bits per heavy atom. The van der Waals surface area contributed by atoms with Crippen molar-refractivity contribution >= 4 is 34.0 Å². The number of nitrogens with zero attached hydrogens (tertiary/aromatic N) is 3. The second-order valence-electron chi connectivity index (χ2n) is 6.12. The Labute approximate surface area is 151 Å². The highest BCUT2D eigenvalue weighted by atomic mass is 32.1. The van der Waals surface area contributed by atoms with Gasteiger partial charge in [-0.3, -0.25) is 19.5 Å². The molecule has 1 atom stereocenters. The maximum Gasteiger partial charge on any atom is 0.420 e. The number of carbonyl (C=O) groups excluding carboxylic acids is 1. The Hall–Kier alpha value is -2.94. The lowest BCUT2D eigenvalue weighted by Gasteiger charge is -2.24. The molecule has 9 heteroatoms. The van der Waals surface area contributed by atoms with Gasteiger partial charge in [0.1, 0.15) is 6.54 Å². The van der Waals surface area contributed by atoms with Gasteiger partial charge in [0.05, 0.1) is 22.5 Å². The number of hydrogen-bond donors (Lipinski definition) is 0. The Morgan fingerprint density at radius 3 is 2.96 bits per heavy atom. The molecule has 0 aliphatic carbocycles. The molecule has 1 unspecified atom stereocenters. The minimum Gasteiger partial charge on any atom is -0.407 e. The van der Waals surface area contributed by atoms with Crippen LogP contribution in [-0.4, -0.2) is 26.8 Å². The average Bonchev–Trinajstić information content (AvgIpc) is 3.33. The van der Waals surface area contributed by atoms with Gasteiger partial charge in [-0.15, -0.1) is 11.3 Å². The molecule has 26 heavy (non-hydrogen) atoms. The quantitative estimate of drug-likeness (QED) is 0.517. The van der Waals surface area contributed by atoms with E-state index < -0.39 is 10.7 Å². The molecule has 0 N–H and O–H groups in total. The van der Waals surface area contributed by atoms with Crippen LogP contribution in [0.15, 0.2) is 44.9 Å². The Kier molecular flexibility index (Phi) is 4.08. The molecule has 134 valence electrons. The third kappa shape index (κ3) is 2.80. The van der Waals surface area contributed by atoms with Crippen molar-refractivity contribution < 1.29 is 14.1 Å². The maximum atomic E-state index is 12.8. The van der Waals surface area contributed by atoms with Gasteiger partial charge in [-0.1, -0.05) is 6.07 Å². The van der Waals surface area contributed by atoms with Crippen LogP contribution in [0, 0.1) is 10.1 Å². The summed E-state index contributed by atoms with van der Waals surface area (Å²) in [4.78, 5) is 38.2. The van der Waals surface area contributed by atoms with E-state index in [1.165, 1.54) is 22.8 Å². The maximum absolute atomic E-state index is 12.8. The summed E-state index contributed by atoms with van der Waals surface area (Å²) in [6.07, 6.45) is 1.82. The number of aromatic nitrogens is 1. The summed E-state index contributed by atoms with van der Waals surface area (Å²) < 4.78 is 6.31. The number of rotatable bonds is 4. The van der Waals surface area contributed by atoms with Crippen LogP contribution in [0.4, 0.5) is 5.69 Å². The zero-order chi connectivity index (χ0) is 18.3. The fraction of sp³-hybridized carbons (Fsp3) is 0.294. The van der Waals surface area contributed by atoms with Gasteiger partial charge in [0.25, 0.3) is 5.69 Å². The van der Waals surface area contributed by atoms with Gasteiger partial charge < -0.3 is 9.32 Å². The number of hydrogen-bond acceptors (Lipinski definition) is 6. The number of nitro benzene ring substituents is 1. The van der Waals surface area contributed by atoms with E-state index in [0.29, 0.717) is 12.1 Å². The molecular formula is C17H15N3O5S. The molecule has 1 aliphatic rings. The predicted octanol–water partition coefficient (Wildman–Crippen LogP) is 2.93. The highest BCUT2D eigenvalue weighted by molar-refractivity contribution is 7.10. The fourth-order valence-electron chi connectivity index (χ4n) is 3.39. The van der Waals surface area contributed by atoms with Crippen LogP contribution in [0.25, 0.3) is 11.1 Å². The Bertz CT molecular complexity index is 1040. The summed E-state index contributed by atoms with van der Waals surface area (Å²) in [6.45, 7) is 0.503. The van der Waals surface area contributed by atoms with Gasteiger partial charge in [0, 0.05) is 17.5 Å². The molecule has 3 heterocycles. The highest BCUT2D eigenvalue weighted by Gasteiger charge is 2.31. The van der Waals surface area contributed by atoms with Crippen LogP contribution in [0.5, 0.6) is 0 Å². The lowest BCUT2D eigenvalue weighted by molar-refractivity contribution is -0.384. The van der Waals surface area contributed by atoms with Crippen LogP contribution >= 0.6 is 11.3 Å². The molecule has 0 saturated carbocycles. The van der Waals surface area contributed by atoms with Gasteiger partial charge in [-0.2, -0.15) is 0 Å². The van der Waals surface area contributed by atoms with E-state index >= 15 is 0 Å². The number of amides is 1. The van der Waals surface area contributed by atoms with E-state index in [-0.39, 0.29) is 29.8 Å². The molecular weight excluding hydrogens is 358 g/mol. The topological polar surface area (TPSA) is 98.6 Å². The largest absolute Gasteiger partial charge is 0.420 e. The standard InChI is InChI=1S/C17H15N3O5S/c21-16(18-7-1-3-13(18)15-4-2-8-26-15)10-19-12-6-5-11(20(23)24)9-14(12)25-17(19)22/h2,4-6,8-9,13H,1,3,7,10H2. The lowest BCUT2D eigenvalue weighted by Crippen LogP contribution is -2.35. The van der Waals surface area contributed by atoms with Gasteiger partial charge in [-0.25, -0.2) is 4.79 Å². The van der Waals surface area contributed by atoms with E-state index in [2.05, 4.69) is 0 Å². The molecule has 1 aromatic carbocycles. The minimum absolute atomic E-state index is 0.0393. The van der Waals surface area contributed by atoms with Crippen molar-refractivity contribution in [2.75, 3.05) is 6.54 Å². The Balaban J connectivity index is 1.62. The van der Waals surface area contributed by atoms with Gasteiger partial charge in [-0.05, 0) is 30.4 Å². The van der Waals surface area contributed by atoms with Crippen molar-refractivity contribution in [2.24, 2.45) is 0 Å². The third-order valence-electron chi connectivity index (χ3n) is 4.60. The van der Waals surface area contributed by atoms with Crippen molar-refractivity contribution in [1.29, 1.82) is 0 Å². The third-order valence-corrected chi connectivity index (χ3v) is 5.57. The number of benzene rings is 1. The van der Waals surface area contributed by atoms with Crippen molar-refractivity contribution in [3.05, 3.63) is 61.3 Å². The summed E-state index contributed by atoms with van der Waals surface area (Å²) in [5, 5.41) is 12.8. The molecule has 0 bridgehead atoms. The fourth-order valence-corrected chi connectivity index (χ4v) is 4.26. The van der Waals surface area contributed by atoms with Crippen molar-refractivity contribution in [1.82, 2.24) is 9.47 Å². The molecule has 0 radical (unpaired) electrons. The number of non-ortho nitro benzene ring substituents is 1. The van der Waals surface area contributed by atoms with E-state index in [4.69, 9.17) is 4.42 Å². The average molecular weight is 373 g/mol. The first-order valence-corrected chi connectivity index (χ1v) is 9.03. The van der Waals surface area contributed by atoms with Crippen molar-refractivity contribution in [2.45, 2.75) is 25.4 Å². The summed E-state index contributed by atoms with van der Waals surface area (Å²) >= 11 is 1.61. The summed E-state index contributed by atoms with van der Waals surface area (Å²) in [5.41, 5.74) is 0.316. The van der Waals surface area contributed by atoms with E-state index in [0.717, 1.165) is 17.7 Å². The molecule has 1 saturated heterocycles. The van der Waals surface area contributed by atoms with E-state index in [1.807, 2.05) is 17.5 Å². The van der Waals surface area contributed by atoms with Crippen molar-refractivity contribution in [3.8, 4) is 0 Å². The van der Waals surface area contributed by atoms with Crippen LogP contribution in [-0.2, 0) is 11.3 Å². The zero-order valence-corrected chi connectivity index (χ0v) is 14.5. The molecule has 1 aliphatic heterocycles. The summed E-state index contributed by atoms with van der Waals surface area (Å²) in [6, 6.07) is 7.94.